The van der Waals surface area contributed by atoms with Crippen molar-refractivity contribution in [2.24, 2.45) is 23.7 Å². The molecule has 1 aliphatic carbocycles. The Labute approximate surface area is 213 Å². The molecule has 2 aliphatic rings. The molecule has 0 radical (unpaired) electrons. The van der Waals surface area contributed by atoms with Gasteiger partial charge in [-0.2, -0.15) is 0 Å². The first kappa shape index (κ1) is 29.5. The molecule has 2 rings (SSSR count). The molecule has 1 atom stereocenters. The van der Waals surface area contributed by atoms with Gasteiger partial charge in [-0.05, 0) is 38.0 Å². The Kier molecular flexibility index (Phi) is 12.4. The summed E-state index contributed by atoms with van der Waals surface area (Å²) < 4.78 is 5.42. The number of rotatable bonds is 15. The monoisotopic (exact) mass is 510 g/mol. The molecule has 1 heterocycles. The molecule has 0 aromatic rings. The van der Waals surface area contributed by atoms with Crippen LogP contribution in [0.3, 0.4) is 0 Å². The highest BCUT2D eigenvalue weighted by molar-refractivity contribution is 8.01. The van der Waals surface area contributed by atoms with Crippen LogP contribution < -0.4 is 5.32 Å². The van der Waals surface area contributed by atoms with E-state index in [9.17, 15) is 24.0 Å². The largest absolute Gasteiger partial charge is 0.381 e. The summed E-state index contributed by atoms with van der Waals surface area (Å²) in [5.74, 6) is 0.519. The van der Waals surface area contributed by atoms with Gasteiger partial charge in [0.2, 0.25) is 17.7 Å². The molecule has 8 nitrogen and oxygen atoms in total. The Hall–Kier alpha value is -1.74. The Morgan fingerprint density at radius 3 is 2.34 bits per heavy atom. The third-order valence-electron chi connectivity index (χ3n) is 6.80. The number of imide groups is 1. The van der Waals surface area contributed by atoms with Gasteiger partial charge in [-0.25, -0.2) is 0 Å². The van der Waals surface area contributed by atoms with Crippen molar-refractivity contribution in [2.45, 2.75) is 77.9 Å². The molecule has 0 aromatic carbocycles. The molecule has 3 amide bonds. The third kappa shape index (κ3) is 9.67. The fourth-order valence-electron chi connectivity index (χ4n) is 4.53. The summed E-state index contributed by atoms with van der Waals surface area (Å²) in [6, 6.07) is 0. The van der Waals surface area contributed by atoms with E-state index < -0.39 is 5.25 Å². The summed E-state index contributed by atoms with van der Waals surface area (Å²) in [5.41, 5.74) is 0. The van der Waals surface area contributed by atoms with E-state index in [1.54, 1.807) is 0 Å². The molecule has 1 N–H and O–H groups in total. The van der Waals surface area contributed by atoms with Crippen molar-refractivity contribution < 1.29 is 28.7 Å². The number of carbonyl (C=O) groups excluding carboxylic acids is 5. The zero-order chi connectivity index (χ0) is 26.0. The summed E-state index contributed by atoms with van der Waals surface area (Å²) in [6.07, 6.45) is 4.57. The Morgan fingerprint density at radius 1 is 1.03 bits per heavy atom. The lowest BCUT2D eigenvalue weighted by Gasteiger charge is -2.30. The van der Waals surface area contributed by atoms with Crippen LogP contribution in [0.1, 0.15) is 72.6 Å². The van der Waals surface area contributed by atoms with Gasteiger partial charge in [-0.1, -0.05) is 27.7 Å². The van der Waals surface area contributed by atoms with Gasteiger partial charge in [0.05, 0.1) is 17.6 Å². The quantitative estimate of drug-likeness (QED) is 0.266. The highest BCUT2D eigenvalue weighted by atomic mass is 32.2. The first-order valence-corrected chi connectivity index (χ1v) is 14.0. The molecular formula is C26H42N2O6S. The average Bonchev–Trinajstić information content (AvgIpc) is 3.09. The summed E-state index contributed by atoms with van der Waals surface area (Å²) >= 11 is 1.22. The van der Waals surface area contributed by atoms with Gasteiger partial charge in [0, 0.05) is 50.3 Å². The van der Waals surface area contributed by atoms with Crippen LogP contribution in [-0.4, -0.2) is 71.5 Å². The maximum absolute atomic E-state index is 12.8. The second-order valence-electron chi connectivity index (χ2n) is 10.3. The average molecular weight is 511 g/mol. The number of hydrogen-bond donors (Lipinski definition) is 1. The first-order chi connectivity index (χ1) is 16.6. The van der Waals surface area contributed by atoms with Crippen LogP contribution >= 0.6 is 11.8 Å². The summed E-state index contributed by atoms with van der Waals surface area (Å²) in [7, 11) is 0. The number of ether oxygens (including phenoxy) is 1. The molecule has 1 unspecified atom stereocenters. The van der Waals surface area contributed by atoms with E-state index in [0.717, 1.165) is 25.7 Å². The topological polar surface area (TPSA) is 110 Å². The van der Waals surface area contributed by atoms with E-state index in [2.05, 4.69) is 5.32 Å². The van der Waals surface area contributed by atoms with Crippen molar-refractivity contribution in [2.75, 3.05) is 32.1 Å². The SMILES string of the molecule is CC(C)C(=O)CCOCCCNC(=O)CSC1CC(=O)N(CC2CCC(C(=O)C(C)C)CC2)C1=O. The van der Waals surface area contributed by atoms with Crippen molar-refractivity contribution in [3.05, 3.63) is 0 Å². The maximum Gasteiger partial charge on any atom is 0.242 e. The number of likely N-dealkylation sites (tertiary alicyclic amines) is 1. The van der Waals surface area contributed by atoms with E-state index in [4.69, 9.17) is 4.74 Å². The van der Waals surface area contributed by atoms with Gasteiger partial charge in [-0.3, -0.25) is 28.9 Å². The van der Waals surface area contributed by atoms with Crippen molar-refractivity contribution >= 4 is 41.0 Å². The van der Waals surface area contributed by atoms with E-state index >= 15 is 0 Å². The summed E-state index contributed by atoms with van der Waals surface area (Å²) in [5, 5.41) is 2.30. The van der Waals surface area contributed by atoms with Gasteiger partial charge in [0.15, 0.2) is 0 Å². The van der Waals surface area contributed by atoms with Gasteiger partial charge in [0.25, 0.3) is 0 Å². The zero-order valence-corrected chi connectivity index (χ0v) is 22.5. The summed E-state index contributed by atoms with van der Waals surface area (Å²) in [6.45, 7) is 9.35. The lowest BCUT2D eigenvalue weighted by Crippen LogP contribution is -2.38. The minimum Gasteiger partial charge on any atom is -0.381 e. The van der Waals surface area contributed by atoms with Crippen LogP contribution in [0.5, 0.6) is 0 Å². The number of nitrogens with zero attached hydrogens (tertiary/aromatic N) is 1. The normalized spacial score (nSPS) is 22.8. The van der Waals surface area contributed by atoms with Crippen LogP contribution in [0.15, 0.2) is 0 Å². The molecule has 1 aliphatic heterocycles. The van der Waals surface area contributed by atoms with Gasteiger partial charge in [-0.15, -0.1) is 11.8 Å². The molecule has 1 saturated heterocycles. The molecule has 35 heavy (non-hydrogen) atoms. The molecule has 9 heteroatoms. The molecule has 2 fully saturated rings. The fourth-order valence-corrected chi connectivity index (χ4v) is 5.51. The first-order valence-electron chi connectivity index (χ1n) is 13.0. The number of Topliss-reactive ketones (excluding diaryl/α,β-unsaturated/α-hetero) is 2. The van der Waals surface area contributed by atoms with Crippen molar-refractivity contribution in [1.82, 2.24) is 10.2 Å². The van der Waals surface area contributed by atoms with E-state index in [-0.39, 0.29) is 59.4 Å². The lowest BCUT2D eigenvalue weighted by molar-refractivity contribution is -0.139. The molecular weight excluding hydrogens is 468 g/mol. The van der Waals surface area contributed by atoms with Crippen LogP contribution in [0.4, 0.5) is 0 Å². The highest BCUT2D eigenvalue weighted by Crippen LogP contribution is 2.33. The van der Waals surface area contributed by atoms with E-state index in [0.29, 0.717) is 44.9 Å². The number of hydrogen-bond acceptors (Lipinski definition) is 7. The second-order valence-corrected chi connectivity index (χ2v) is 11.5. The van der Waals surface area contributed by atoms with Gasteiger partial charge in [0.1, 0.15) is 11.6 Å². The van der Waals surface area contributed by atoms with Crippen LogP contribution in [0.2, 0.25) is 0 Å². The van der Waals surface area contributed by atoms with Crippen molar-refractivity contribution in [3.63, 3.8) is 0 Å². The Bertz CT molecular complexity index is 761. The third-order valence-corrected chi connectivity index (χ3v) is 8.00. The predicted octanol–water partition coefficient (Wildman–Crippen LogP) is 3.02. The molecule has 0 aromatic heterocycles. The van der Waals surface area contributed by atoms with Crippen LogP contribution in [-0.2, 0) is 28.7 Å². The van der Waals surface area contributed by atoms with Crippen molar-refractivity contribution in [1.29, 1.82) is 0 Å². The molecule has 1 saturated carbocycles. The highest BCUT2D eigenvalue weighted by Gasteiger charge is 2.40. The minimum atomic E-state index is -0.506. The lowest BCUT2D eigenvalue weighted by atomic mass is 9.77. The van der Waals surface area contributed by atoms with E-state index in [1.807, 2.05) is 27.7 Å². The van der Waals surface area contributed by atoms with Gasteiger partial charge >= 0.3 is 0 Å². The standard InChI is InChI=1S/C26H42N2O6S/c1-17(2)21(29)10-13-34-12-5-11-27-23(30)16-35-22-14-24(31)28(26(22)33)15-19-6-8-20(9-7-19)25(32)18(3)4/h17-20,22H,5-16H2,1-4H3,(H,27,30). The number of amides is 3. The molecule has 0 spiro atoms. The fraction of sp³-hybridized carbons (Fsp3) is 0.808. The molecule has 0 bridgehead atoms. The number of ketones is 2. The Morgan fingerprint density at radius 2 is 1.71 bits per heavy atom. The Balaban J connectivity index is 1.61. The zero-order valence-electron chi connectivity index (χ0n) is 21.7. The molecule has 198 valence electrons. The summed E-state index contributed by atoms with van der Waals surface area (Å²) in [4.78, 5) is 62.5. The van der Waals surface area contributed by atoms with E-state index in [1.165, 1.54) is 16.7 Å². The van der Waals surface area contributed by atoms with Crippen LogP contribution in [0, 0.1) is 23.7 Å². The number of thioether (sulfide) groups is 1. The van der Waals surface area contributed by atoms with Gasteiger partial charge < -0.3 is 10.1 Å². The van der Waals surface area contributed by atoms with Crippen LogP contribution in [0.25, 0.3) is 0 Å². The maximum atomic E-state index is 12.8. The second kappa shape index (κ2) is 14.7. The number of carbonyl (C=O) groups is 5. The predicted molar refractivity (Wildman–Crippen MR) is 136 cm³/mol. The smallest absolute Gasteiger partial charge is 0.242 e. The van der Waals surface area contributed by atoms with Crippen molar-refractivity contribution in [3.8, 4) is 0 Å². The minimum absolute atomic E-state index is 0.0195. The number of nitrogens with one attached hydrogen (secondary N) is 1.